The lowest BCUT2D eigenvalue weighted by molar-refractivity contribution is -0.142. The fourth-order valence-electron chi connectivity index (χ4n) is 2.53. The molecule has 0 aromatic heterocycles. The van der Waals surface area contributed by atoms with Gasteiger partial charge in [-0.1, -0.05) is 26.2 Å². The van der Waals surface area contributed by atoms with Crippen molar-refractivity contribution in [2.24, 2.45) is 11.8 Å². The zero-order valence-corrected chi connectivity index (χ0v) is 11.7. The lowest BCUT2D eigenvalue weighted by Gasteiger charge is -2.16. The van der Waals surface area contributed by atoms with Gasteiger partial charge in [-0.25, -0.2) is 0 Å². The van der Waals surface area contributed by atoms with Gasteiger partial charge in [0, 0.05) is 18.8 Å². The van der Waals surface area contributed by atoms with E-state index in [1.54, 1.807) is 0 Å². The standard InChI is InChI=1S/C13H22O3.C2H4/c1-3-4-5-6-11-10(7-8-12(11)14)9-13(15)16-2;1-2/h10-11H,3-9H2,1-2H3;1-2H2/t10-,11+;/m0./s1. The van der Waals surface area contributed by atoms with Crippen molar-refractivity contribution >= 4 is 11.8 Å². The summed E-state index contributed by atoms with van der Waals surface area (Å²) >= 11 is 0. The molecule has 0 unspecified atom stereocenters. The number of unbranched alkanes of at least 4 members (excludes halogenated alkanes) is 2. The van der Waals surface area contributed by atoms with Crippen LogP contribution in [0.1, 0.15) is 51.9 Å². The van der Waals surface area contributed by atoms with Gasteiger partial charge >= 0.3 is 5.97 Å². The van der Waals surface area contributed by atoms with Crippen LogP contribution in [-0.4, -0.2) is 18.9 Å². The van der Waals surface area contributed by atoms with Crippen LogP contribution in [0.5, 0.6) is 0 Å². The topological polar surface area (TPSA) is 43.4 Å². The Balaban J connectivity index is 0.00000137. The number of esters is 1. The van der Waals surface area contributed by atoms with Gasteiger partial charge in [0.05, 0.1) is 7.11 Å². The first-order valence-electron chi connectivity index (χ1n) is 6.78. The molecule has 1 saturated carbocycles. The number of methoxy groups -OCH3 is 1. The molecule has 1 fully saturated rings. The van der Waals surface area contributed by atoms with Crippen LogP contribution in [0.4, 0.5) is 0 Å². The Morgan fingerprint density at radius 1 is 1.39 bits per heavy atom. The minimum absolute atomic E-state index is 0.116. The van der Waals surface area contributed by atoms with Crippen LogP contribution in [0.3, 0.4) is 0 Å². The Bertz CT molecular complexity index is 260. The molecule has 0 aliphatic heterocycles. The second kappa shape index (κ2) is 9.86. The third-order valence-electron chi connectivity index (χ3n) is 3.52. The van der Waals surface area contributed by atoms with E-state index in [-0.39, 0.29) is 17.8 Å². The number of ketones is 1. The Labute approximate surface area is 111 Å². The van der Waals surface area contributed by atoms with E-state index < -0.39 is 0 Å². The SMILES string of the molecule is C=C.CCCCC[C@H]1C(=O)CC[C@H]1CC(=O)OC. The van der Waals surface area contributed by atoms with Crippen LogP contribution in [-0.2, 0) is 14.3 Å². The normalized spacial score (nSPS) is 22.2. The lowest BCUT2D eigenvalue weighted by atomic mass is 9.88. The number of rotatable bonds is 6. The van der Waals surface area contributed by atoms with Crippen molar-refractivity contribution in [3.05, 3.63) is 13.2 Å². The zero-order chi connectivity index (χ0) is 14.0. The molecule has 104 valence electrons. The van der Waals surface area contributed by atoms with Crippen molar-refractivity contribution < 1.29 is 14.3 Å². The predicted molar refractivity (Wildman–Crippen MR) is 73.3 cm³/mol. The first-order chi connectivity index (χ1) is 8.69. The van der Waals surface area contributed by atoms with E-state index in [0.717, 1.165) is 19.3 Å². The molecule has 3 nitrogen and oxygen atoms in total. The number of hydrogen-bond acceptors (Lipinski definition) is 3. The number of ether oxygens (including phenoxy) is 1. The molecule has 0 aromatic carbocycles. The Hall–Kier alpha value is -1.12. The summed E-state index contributed by atoms with van der Waals surface area (Å²) in [5, 5.41) is 0. The van der Waals surface area contributed by atoms with Gasteiger partial charge in [-0.2, -0.15) is 0 Å². The molecular weight excluding hydrogens is 228 g/mol. The molecule has 2 atom stereocenters. The molecular formula is C15H26O3. The van der Waals surface area contributed by atoms with Crippen molar-refractivity contribution in [3.63, 3.8) is 0 Å². The van der Waals surface area contributed by atoms with Crippen molar-refractivity contribution in [2.45, 2.75) is 51.9 Å². The monoisotopic (exact) mass is 254 g/mol. The third kappa shape index (κ3) is 5.48. The maximum Gasteiger partial charge on any atom is 0.305 e. The maximum atomic E-state index is 11.7. The molecule has 1 aliphatic rings. The average Bonchev–Trinajstić information content (AvgIpc) is 2.74. The molecule has 0 spiro atoms. The van der Waals surface area contributed by atoms with Gasteiger partial charge in [0.2, 0.25) is 0 Å². The maximum absolute atomic E-state index is 11.7. The Morgan fingerprint density at radius 2 is 2.06 bits per heavy atom. The summed E-state index contributed by atoms with van der Waals surface area (Å²) in [5.74, 6) is 0.521. The summed E-state index contributed by atoms with van der Waals surface area (Å²) in [6.45, 7) is 8.16. The minimum atomic E-state index is -0.180. The second-order valence-corrected chi connectivity index (χ2v) is 4.65. The number of carbonyl (C=O) groups excluding carboxylic acids is 2. The molecule has 0 bridgehead atoms. The van der Waals surface area contributed by atoms with Crippen molar-refractivity contribution in [3.8, 4) is 0 Å². The van der Waals surface area contributed by atoms with Crippen molar-refractivity contribution in [2.75, 3.05) is 7.11 Å². The van der Waals surface area contributed by atoms with Gasteiger partial charge in [-0.15, -0.1) is 13.2 Å². The van der Waals surface area contributed by atoms with Crippen LogP contribution in [0.2, 0.25) is 0 Å². The second-order valence-electron chi connectivity index (χ2n) is 4.65. The highest BCUT2D eigenvalue weighted by Gasteiger charge is 2.35. The molecule has 0 aromatic rings. The highest BCUT2D eigenvalue weighted by molar-refractivity contribution is 5.84. The van der Waals surface area contributed by atoms with Gasteiger partial charge in [-0.3, -0.25) is 9.59 Å². The molecule has 3 heteroatoms. The lowest BCUT2D eigenvalue weighted by Crippen LogP contribution is -2.18. The van der Waals surface area contributed by atoms with E-state index in [1.165, 1.54) is 20.0 Å². The van der Waals surface area contributed by atoms with E-state index in [2.05, 4.69) is 24.8 Å². The first-order valence-corrected chi connectivity index (χ1v) is 6.78. The van der Waals surface area contributed by atoms with E-state index in [4.69, 9.17) is 0 Å². The van der Waals surface area contributed by atoms with Crippen molar-refractivity contribution in [1.82, 2.24) is 0 Å². The quantitative estimate of drug-likeness (QED) is 0.414. The molecule has 0 N–H and O–H groups in total. The van der Waals surface area contributed by atoms with Crippen LogP contribution >= 0.6 is 0 Å². The highest BCUT2D eigenvalue weighted by Crippen LogP contribution is 2.35. The van der Waals surface area contributed by atoms with E-state index in [9.17, 15) is 9.59 Å². The van der Waals surface area contributed by atoms with Crippen LogP contribution in [0.25, 0.3) is 0 Å². The molecule has 18 heavy (non-hydrogen) atoms. The fraction of sp³-hybridized carbons (Fsp3) is 0.733. The average molecular weight is 254 g/mol. The number of carbonyl (C=O) groups is 2. The summed E-state index contributed by atoms with van der Waals surface area (Å²) in [6, 6.07) is 0. The molecule has 0 radical (unpaired) electrons. The molecule has 1 rings (SSSR count). The minimum Gasteiger partial charge on any atom is -0.469 e. The fourth-order valence-corrected chi connectivity index (χ4v) is 2.53. The summed E-state index contributed by atoms with van der Waals surface area (Å²) < 4.78 is 4.67. The largest absolute Gasteiger partial charge is 0.469 e. The highest BCUT2D eigenvalue weighted by atomic mass is 16.5. The summed E-state index contributed by atoms with van der Waals surface area (Å²) in [5.41, 5.74) is 0. The zero-order valence-electron chi connectivity index (χ0n) is 11.7. The van der Waals surface area contributed by atoms with E-state index in [0.29, 0.717) is 18.6 Å². The van der Waals surface area contributed by atoms with Crippen LogP contribution in [0.15, 0.2) is 13.2 Å². The van der Waals surface area contributed by atoms with Gasteiger partial charge in [0.25, 0.3) is 0 Å². The molecule has 0 heterocycles. The Kier molecular flexibility index (Phi) is 9.25. The number of Topliss-reactive ketones (excluding diaryl/α,β-unsaturated/α-hetero) is 1. The van der Waals surface area contributed by atoms with Gasteiger partial charge in [-0.05, 0) is 18.8 Å². The summed E-state index contributed by atoms with van der Waals surface area (Å²) in [7, 11) is 1.41. The van der Waals surface area contributed by atoms with Gasteiger partial charge in [0.15, 0.2) is 0 Å². The van der Waals surface area contributed by atoms with Crippen molar-refractivity contribution in [1.29, 1.82) is 0 Å². The van der Waals surface area contributed by atoms with Gasteiger partial charge in [0.1, 0.15) is 5.78 Å². The van der Waals surface area contributed by atoms with E-state index >= 15 is 0 Å². The summed E-state index contributed by atoms with van der Waals surface area (Å²) in [6.07, 6.45) is 6.33. The molecule has 1 aliphatic carbocycles. The van der Waals surface area contributed by atoms with Crippen LogP contribution in [0, 0.1) is 11.8 Å². The third-order valence-corrected chi connectivity index (χ3v) is 3.52. The smallest absolute Gasteiger partial charge is 0.305 e. The summed E-state index contributed by atoms with van der Waals surface area (Å²) in [4.78, 5) is 22.9. The first kappa shape index (κ1) is 16.9. The predicted octanol–water partition coefficient (Wildman–Crippen LogP) is 3.53. The van der Waals surface area contributed by atoms with Gasteiger partial charge < -0.3 is 4.74 Å². The Morgan fingerprint density at radius 3 is 2.61 bits per heavy atom. The molecule has 0 saturated heterocycles. The number of hydrogen-bond donors (Lipinski definition) is 0. The van der Waals surface area contributed by atoms with E-state index in [1.807, 2.05) is 0 Å². The molecule has 0 amide bonds. The van der Waals surface area contributed by atoms with Crippen LogP contribution < -0.4 is 0 Å².